The van der Waals surface area contributed by atoms with Gasteiger partial charge >= 0.3 is 0 Å². The second kappa shape index (κ2) is 5.41. The van der Waals surface area contributed by atoms with Crippen LogP contribution in [-0.2, 0) is 0 Å². The number of nitrogen functional groups attached to an aromatic ring is 1. The summed E-state index contributed by atoms with van der Waals surface area (Å²) in [5, 5.41) is 0.683. The van der Waals surface area contributed by atoms with E-state index in [1.54, 1.807) is 12.3 Å². The molecule has 23 heavy (non-hydrogen) atoms. The smallest absolute Gasteiger partial charge is 0.227 e. The quantitative estimate of drug-likeness (QED) is 0.576. The summed E-state index contributed by atoms with van der Waals surface area (Å²) in [6.45, 7) is 0. The van der Waals surface area contributed by atoms with Crippen LogP contribution in [-0.4, -0.2) is 9.97 Å². The molecule has 112 valence electrons. The average Bonchev–Trinajstić information content (AvgIpc) is 2.99. The summed E-state index contributed by atoms with van der Waals surface area (Å²) in [6, 6.07) is 17.0. The zero-order chi connectivity index (χ0) is 15.8. The predicted octanol–water partition coefficient (Wildman–Crippen LogP) is 4.79. The third kappa shape index (κ3) is 2.64. The third-order valence-corrected chi connectivity index (χ3v) is 3.85. The first kappa shape index (κ1) is 13.8. The van der Waals surface area contributed by atoms with Gasteiger partial charge in [0.05, 0.1) is 0 Å². The molecule has 0 aliphatic carbocycles. The molecule has 0 unspecified atom stereocenters. The van der Waals surface area contributed by atoms with E-state index in [0.29, 0.717) is 16.7 Å². The van der Waals surface area contributed by atoms with Gasteiger partial charge in [-0.1, -0.05) is 17.7 Å². The highest BCUT2D eigenvalue weighted by atomic mass is 35.5. The van der Waals surface area contributed by atoms with Gasteiger partial charge < -0.3 is 10.2 Å². The number of nitrogens with zero attached hydrogens (tertiary/aromatic N) is 2. The van der Waals surface area contributed by atoms with Crippen LogP contribution in [0.2, 0.25) is 5.02 Å². The molecular formula is C18H12ClN3O. The molecule has 2 N–H and O–H groups in total. The fraction of sp³-hybridized carbons (Fsp3) is 0. The van der Waals surface area contributed by atoms with Crippen LogP contribution in [0, 0.1) is 0 Å². The lowest BCUT2D eigenvalue weighted by Gasteiger charge is -2.00. The van der Waals surface area contributed by atoms with E-state index in [-0.39, 0.29) is 0 Å². The standard InChI is InChI=1S/C18H12ClN3O/c19-14-5-1-11(2-6-14)18-22-15-7-3-12(9-16(15)23-18)13-4-8-17(20)21-10-13/h1-10H,(H2,20,21). The van der Waals surface area contributed by atoms with Crippen molar-refractivity contribution < 1.29 is 4.42 Å². The Morgan fingerprint density at radius 1 is 0.870 bits per heavy atom. The van der Waals surface area contributed by atoms with E-state index in [9.17, 15) is 0 Å². The SMILES string of the molecule is Nc1ccc(-c2ccc3nc(-c4ccc(Cl)cc4)oc3c2)cn1. The van der Waals surface area contributed by atoms with Gasteiger partial charge in [0.15, 0.2) is 5.58 Å². The molecule has 4 rings (SSSR count). The van der Waals surface area contributed by atoms with Crippen molar-refractivity contribution in [3.05, 3.63) is 65.8 Å². The zero-order valence-electron chi connectivity index (χ0n) is 12.0. The highest BCUT2D eigenvalue weighted by Crippen LogP contribution is 2.29. The van der Waals surface area contributed by atoms with Gasteiger partial charge in [-0.15, -0.1) is 0 Å². The fourth-order valence-corrected chi connectivity index (χ4v) is 2.52. The van der Waals surface area contributed by atoms with Gasteiger partial charge in [-0.3, -0.25) is 0 Å². The van der Waals surface area contributed by atoms with Crippen LogP contribution in [0.25, 0.3) is 33.7 Å². The van der Waals surface area contributed by atoms with Crippen molar-refractivity contribution >= 4 is 28.5 Å². The molecule has 5 heteroatoms. The summed E-state index contributed by atoms with van der Waals surface area (Å²) in [4.78, 5) is 8.63. The van der Waals surface area contributed by atoms with Crippen LogP contribution in [0.1, 0.15) is 0 Å². The Labute approximate surface area is 137 Å². The zero-order valence-corrected chi connectivity index (χ0v) is 12.8. The molecule has 2 aromatic carbocycles. The van der Waals surface area contributed by atoms with Crippen LogP contribution < -0.4 is 5.73 Å². The van der Waals surface area contributed by atoms with E-state index in [1.165, 1.54) is 0 Å². The number of hydrogen-bond donors (Lipinski definition) is 1. The van der Waals surface area contributed by atoms with Crippen molar-refractivity contribution in [2.45, 2.75) is 0 Å². The lowest BCUT2D eigenvalue weighted by atomic mass is 10.1. The summed E-state index contributed by atoms with van der Waals surface area (Å²) in [5.74, 6) is 1.07. The number of oxazole rings is 1. The summed E-state index contributed by atoms with van der Waals surface area (Å²) >= 11 is 5.91. The minimum atomic E-state index is 0.500. The molecule has 0 atom stereocenters. The monoisotopic (exact) mass is 321 g/mol. The maximum Gasteiger partial charge on any atom is 0.227 e. The number of fused-ring (bicyclic) bond motifs is 1. The predicted molar refractivity (Wildman–Crippen MR) is 92.1 cm³/mol. The molecule has 4 nitrogen and oxygen atoms in total. The van der Waals surface area contributed by atoms with E-state index in [4.69, 9.17) is 21.8 Å². The molecule has 2 heterocycles. The summed E-state index contributed by atoms with van der Waals surface area (Å²) in [6.07, 6.45) is 1.74. The first-order valence-electron chi connectivity index (χ1n) is 7.07. The average molecular weight is 322 g/mol. The van der Waals surface area contributed by atoms with E-state index >= 15 is 0 Å². The topological polar surface area (TPSA) is 64.9 Å². The molecule has 0 aliphatic rings. The Balaban J connectivity index is 1.77. The molecule has 2 aromatic heterocycles. The molecule has 0 amide bonds. The molecule has 0 saturated heterocycles. The number of nitrogens with two attached hydrogens (primary N) is 1. The molecule has 0 spiro atoms. The normalized spacial score (nSPS) is 11.0. The summed E-state index contributed by atoms with van der Waals surface area (Å²) < 4.78 is 5.88. The Morgan fingerprint density at radius 3 is 2.35 bits per heavy atom. The number of hydrogen-bond acceptors (Lipinski definition) is 4. The molecular weight excluding hydrogens is 310 g/mol. The number of halogens is 1. The van der Waals surface area contributed by atoms with Gasteiger partial charge in [-0.25, -0.2) is 9.97 Å². The Morgan fingerprint density at radius 2 is 1.61 bits per heavy atom. The first-order chi connectivity index (χ1) is 11.2. The maximum absolute atomic E-state index is 5.91. The number of anilines is 1. The summed E-state index contributed by atoms with van der Waals surface area (Å²) in [5.41, 5.74) is 10.0. The van der Waals surface area contributed by atoms with Crippen molar-refractivity contribution in [3.8, 4) is 22.6 Å². The van der Waals surface area contributed by atoms with Crippen LogP contribution in [0.15, 0.2) is 65.2 Å². The Bertz CT molecular complexity index is 932. The van der Waals surface area contributed by atoms with Crippen molar-refractivity contribution in [3.63, 3.8) is 0 Å². The molecule has 0 saturated carbocycles. The van der Waals surface area contributed by atoms with Crippen molar-refractivity contribution in [1.82, 2.24) is 9.97 Å². The Hall–Kier alpha value is -2.85. The molecule has 0 bridgehead atoms. The molecule has 0 fully saturated rings. The number of pyridine rings is 1. The third-order valence-electron chi connectivity index (χ3n) is 3.60. The van der Waals surface area contributed by atoms with Crippen molar-refractivity contribution in [2.24, 2.45) is 0 Å². The van der Waals surface area contributed by atoms with E-state index < -0.39 is 0 Å². The van der Waals surface area contributed by atoms with Gasteiger partial charge in [0.1, 0.15) is 11.3 Å². The highest BCUT2D eigenvalue weighted by Gasteiger charge is 2.09. The van der Waals surface area contributed by atoms with Gasteiger partial charge in [-0.2, -0.15) is 0 Å². The van der Waals surface area contributed by atoms with E-state index in [2.05, 4.69) is 9.97 Å². The molecule has 0 radical (unpaired) electrons. The second-order valence-corrected chi connectivity index (χ2v) is 5.62. The number of aromatic nitrogens is 2. The van der Waals surface area contributed by atoms with Crippen molar-refractivity contribution in [1.29, 1.82) is 0 Å². The maximum atomic E-state index is 5.91. The number of benzene rings is 2. The highest BCUT2D eigenvalue weighted by molar-refractivity contribution is 6.30. The summed E-state index contributed by atoms with van der Waals surface area (Å²) in [7, 11) is 0. The van der Waals surface area contributed by atoms with Crippen LogP contribution >= 0.6 is 11.6 Å². The van der Waals surface area contributed by atoms with Crippen LogP contribution in [0.5, 0.6) is 0 Å². The molecule has 4 aromatic rings. The van der Waals surface area contributed by atoms with Crippen LogP contribution in [0.4, 0.5) is 5.82 Å². The van der Waals surface area contributed by atoms with E-state index in [0.717, 1.165) is 27.8 Å². The van der Waals surface area contributed by atoms with E-state index in [1.807, 2.05) is 48.5 Å². The van der Waals surface area contributed by atoms with Gasteiger partial charge in [-0.05, 0) is 54.1 Å². The van der Waals surface area contributed by atoms with Gasteiger partial charge in [0.2, 0.25) is 5.89 Å². The fourth-order valence-electron chi connectivity index (χ4n) is 2.40. The van der Waals surface area contributed by atoms with Gasteiger partial charge in [0.25, 0.3) is 0 Å². The first-order valence-corrected chi connectivity index (χ1v) is 7.45. The minimum absolute atomic E-state index is 0.500. The largest absolute Gasteiger partial charge is 0.436 e. The lowest BCUT2D eigenvalue weighted by Crippen LogP contribution is -1.88. The minimum Gasteiger partial charge on any atom is -0.436 e. The number of rotatable bonds is 2. The lowest BCUT2D eigenvalue weighted by molar-refractivity contribution is 0.620. The van der Waals surface area contributed by atoms with Gasteiger partial charge in [0, 0.05) is 22.3 Å². The second-order valence-electron chi connectivity index (χ2n) is 5.18. The van der Waals surface area contributed by atoms with Crippen LogP contribution in [0.3, 0.4) is 0 Å². The Kier molecular flexibility index (Phi) is 3.24. The van der Waals surface area contributed by atoms with Crippen molar-refractivity contribution in [2.75, 3.05) is 5.73 Å². The molecule has 0 aliphatic heterocycles.